The van der Waals surface area contributed by atoms with Gasteiger partial charge in [-0.25, -0.2) is 0 Å². The highest BCUT2D eigenvalue weighted by Crippen LogP contribution is 2.16. The summed E-state index contributed by atoms with van der Waals surface area (Å²) in [5.41, 5.74) is 8.17. The first-order valence-electron chi connectivity index (χ1n) is 6.68. The van der Waals surface area contributed by atoms with Crippen molar-refractivity contribution in [1.29, 1.82) is 0 Å². The van der Waals surface area contributed by atoms with Crippen LogP contribution >= 0.6 is 11.8 Å². The minimum atomic E-state index is 0.0668. The Hall–Kier alpha value is -1.16. The molecular formula is C15H24N2OS. The van der Waals surface area contributed by atoms with Gasteiger partial charge in [-0.3, -0.25) is 4.79 Å². The molecule has 0 aliphatic heterocycles. The maximum absolute atomic E-state index is 12.4. The second kappa shape index (κ2) is 7.43. The summed E-state index contributed by atoms with van der Waals surface area (Å²) in [4.78, 5) is 14.2. The molecule has 0 aliphatic rings. The molecule has 106 valence electrons. The van der Waals surface area contributed by atoms with Gasteiger partial charge >= 0.3 is 0 Å². The number of benzene rings is 1. The smallest absolute Gasteiger partial charge is 0.253 e. The fraction of sp³-hybridized carbons (Fsp3) is 0.533. The third-order valence-electron chi connectivity index (χ3n) is 3.38. The monoisotopic (exact) mass is 280 g/mol. The van der Waals surface area contributed by atoms with Crippen molar-refractivity contribution in [1.82, 2.24) is 4.90 Å². The Morgan fingerprint density at radius 3 is 2.74 bits per heavy atom. The van der Waals surface area contributed by atoms with Gasteiger partial charge in [0.15, 0.2) is 0 Å². The average Bonchev–Trinajstić information content (AvgIpc) is 2.40. The molecule has 1 amide bonds. The number of carbonyl (C=O) groups excluding carboxylic acids is 1. The van der Waals surface area contributed by atoms with E-state index in [1.54, 1.807) is 12.1 Å². The SMILES string of the molecule is CCSCC[C@@H](C)N(C)C(=O)c1ccc(N)c(C)c1. The quantitative estimate of drug-likeness (QED) is 0.643. The van der Waals surface area contributed by atoms with E-state index >= 15 is 0 Å². The van der Waals surface area contributed by atoms with Crippen LogP contribution in [0.15, 0.2) is 18.2 Å². The van der Waals surface area contributed by atoms with Crippen LogP contribution in [0.25, 0.3) is 0 Å². The van der Waals surface area contributed by atoms with Crippen molar-refractivity contribution < 1.29 is 4.79 Å². The van der Waals surface area contributed by atoms with Crippen molar-refractivity contribution in [2.45, 2.75) is 33.2 Å². The fourth-order valence-electron chi connectivity index (χ4n) is 1.80. The zero-order chi connectivity index (χ0) is 14.4. The molecule has 4 heteroatoms. The maximum atomic E-state index is 12.4. The molecule has 0 spiro atoms. The molecule has 1 aromatic rings. The molecular weight excluding hydrogens is 256 g/mol. The van der Waals surface area contributed by atoms with Crippen LogP contribution in [-0.4, -0.2) is 35.4 Å². The van der Waals surface area contributed by atoms with Crippen LogP contribution in [0, 0.1) is 6.92 Å². The van der Waals surface area contributed by atoms with Gasteiger partial charge in [0.25, 0.3) is 5.91 Å². The minimum absolute atomic E-state index is 0.0668. The van der Waals surface area contributed by atoms with E-state index in [0.717, 1.165) is 29.2 Å². The topological polar surface area (TPSA) is 46.3 Å². The number of aryl methyl sites for hydroxylation is 1. The lowest BCUT2D eigenvalue weighted by Gasteiger charge is -2.25. The number of nitrogens with zero attached hydrogens (tertiary/aromatic N) is 1. The summed E-state index contributed by atoms with van der Waals surface area (Å²) in [7, 11) is 1.87. The molecule has 1 atom stereocenters. The molecule has 1 rings (SSSR count). The molecule has 0 aliphatic carbocycles. The van der Waals surface area contributed by atoms with Crippen molar-refractivity contribution >= 4 is 23.4 Å². The maximum Gasteiger partial charge on any atom is 0.253 e. The number of nitrogen functional groups attached to an aromatic ring is 1. The average molecular weight is 280 g/mol. The fourth-order valence-corrected chi connectivity index (χ4v) is 2.60. The Labute approximate surface area is 120 Å². The van der Waals surface area contributed by atoms with Crippen LogP contribution in [-0.2, 0) is 0 Å². The van der Waals surface area contributed by atoms with E-state index in [-0.39, 0.29) is 11.9 Å². The second-order valence-electron chi connectivity index (χ2n) is 4.82. The van der Waals surface area contributed by atoms with Crippen LogP contribution in [0.1, 0.15) is 36.2 Å². The van der Waals surface area contributed by atoms with E-state index in [0.29, 0.717) is 5.56 Å². The number of hydrogen-bond donors (Lipinski definition) is 1. The zero-order valence-corrected chi connectivity index (χ0v) is 13.1. The molecule has 0 radical (unpaired) electrons. The predicted octanol–water partition coefficient (Wildman–Crippen LogP) is 3.18. The number of hydrogen-bond acceptors (Lipinski definition) is 3. The summed E-state index contributed by atoms with van der Waals surface area (Å²) in [5, 5.41) is 0. The molecule has 0 heterocycles. The lowest BCUT2D eigenvalue weighted by Crippen LogP contribution is -2.35. The normalized spacial score (nSPS) is 12.2. The highest BCUT2D eigenvalue weighted by molar-refractivity contribution is 7.99. The third kappa shape index (κ3) is 4.46. The van der Waals surface area contributed by atoms with Crippen LogP contribution in [0.5, 0.6) is 0 Å². The van der Waals surface area contributed by atoms with E-state index < -0.39 is 0 Å². The molecule has 0 bridgehead atoms. The Balaban J connectivity index is 2.67. The molecule has 19 heavy (non-hydrogen) atoms. The van der Waals surface area contributed by atoms with E-state index in [1.807, 2.05) is 36.7 Å². The summed E-state index contributed by atoms with van der Waals surface area (Å²) in [6, 6.07) is 5.72. The molecule has 3 nitrogen and oxygen atoms in total. The number of rotatable bonds is 6. The largest absolute Gasteiger partial charge is 0.399 e. The van der Waals surface area contributed by atoms with Crippen LogP contribution in [0.2, 0.25) is 0 Å². The summed E-state index contributed by atoms with van der Waals surface area (Å²) in [6.45, 7) is 6.17. The zero-order valence-electron chi connectivity index (χ0n) is 12.3. The summed E-state index contributed by atoms with van der Waals surface area (Å²) < 4.78 is 0. The van der Waals surface area contributed by atoms with Gasteiger partial charge in [0.05, 0.1) is 0 Å². The van der Waals surface area contributed by atoms with Crippen LogP contribution < -0.4 is 5.73 Å². The van der Waals surface area contributed by atoms with Crippen molar-refractivity contribution in [3.8, 4) is 0 Å². The third-order valence-corrected chi connectivity index (χ3v) is 4.31. The lowest BCUT2D eigenvalue weighted by atomic mass is 10.1. The highest BCUT2D eigenvalue weighted by Gasteiger charge is 2.17. The van der Waals surface area contributed by atoms with E-state index in [2.05, 4.69) is 13.8 Å². The number of carbonyl (C=O) groups is 1. The van der Waals surface area contributed by atoms with Crippen LogP contribution in [0.4, 0.5) is 5.69 Å². The second-order valence-corrected chi connectivity index (χ2v) is 6.22. The molecule has 0 saturated heterocycles. The summed E-state index contributed by atoms with van der Waals surface area (Å²) >= 11 is 1.91. The summed E-state index contributed by atoms with van der Waals surface area (Å²) in [6.07, 6.45) is 1.02. The Morgan fingerprint density at radius 2 is 2.16 bits per heavy atom. The number of nitrogens with two attached hydrogens (primary N) is 1. The predicted molar refractivity (Wildman–Crippen MR) is 84.8 cm³/mol. The van der Waals surface area contributed by atoms with Crippen molar-refractivity contribution in [2.75, 3.05) is 24.3 Å². The van der Waals surface area contributed by atoms with E-state index in [9.17, 15) is 4.79 Å². The van der Waals surface area contributed by atoms with Gasteiger partial charge < -0.3 is 10.6 Å². The number of anilines is 1. The first kappa shape index (κ1) is 15.9. The van der Waals surface area contributed by atoms with Gasteiger partial charge in [0.1, 0.15) is 0 Å². The Bertz CT molecular complexity index is 434. The van der Waals surface area contributed by atoms with Gasteiger partial charge in [-0.2, -0.15) is 11.8 Å². The van der Waals surface area contributed by atoms with Crippen molar-refractivity contribution in [3.63, 3.8) is 0 Å². The molecule has 0 aromatic heterocycles. The molecule has 2 N–H and O–H groups in total. The van der Waals surface area contributed by atoms with Crippen LogP contribution in [0.3, 0.4) is 0 Å². The van der Waals surface area contributed by atoms with Gasteiger partial charge in [-0.15, -0.1) is 0 Å². The van der Waals surface area contributed by atoms with Gasteiger partial charge in [-0.05, 0) is 55.5 Å². The first-order chi connectivity index (χ1) is 8.97. The van der Waals surface area contributed by atoms with Gasteiger partial charge in [-0.1, -0.05) is 6.92 Å². The van der Waals surface area contributed by atoms with Crippen molar-refractivity contribution in [2.24, 2.45) is 0 Å². The lowest BCUT2D eigenvalue weighted by molar-refractivity contribution is 0.0741. The van der Waals surface area contributed by atoms with Gasteiger partial charge in [0.2, 0.25) is 0 Å². The molecule has 1 aromatic carbocycles. The van der Waals surface area contributed by atoms with E-state index in [1.165, 1.54) is 0 Å². The molecule has 0 saturated carbocycles. The standard InChI is InChI=1S/C15H24N2OS/c1-5-19-9-8-12(3)17(4)15(18)13-6-7-14(16)11(2)10-13/h6-7,10,12H,5,8-9,16H2,1-4H3/t12-/m1/s1. The first-order valence-corrected chi connectivity index (χ1v) is 7.83. The van der Waals surface area contributed by atoms with Gasteiger partial charge in [0, 0.05) is 24.3 Å². The number of amides is 1. The molecule has 0 unspecified atom stereocenters. The van der Waals surface area contributed by atoms with E-state index in [4.69, 9.17) is 5.73 Å². The number of thioether (sulfide) groups is 1. The minimum Gasteiger partial charge on any atom is -0.399 e. The molecule has 0 fully saturated rings. The van der Waals surface area contributed by atoms with Crippen molar-refractivity contribution in [3.05, 3.63) is 29.3 Å². The highest BCUT2D eigenvalue weighted by atomic mass is 32.2. The Morgan fingerprint density at radius 1 is 1.47 bits per heavy atom. The Kier molecular flexibility index (Phi) is 6.22. The summed E-state index contributed by atoms with van der Waals surface area (Å²) in [5.74, 6) is 2.29.